The van der Waals surface area contributed by atoms with Gasteiger partial charge in [-0.15, -0.1) is 0 Å². The van der Waals surface area contributed by atoms with Crippen LogP contribution in [0.1, 0.15) is 44.2 Å². The smallest absolute Gasteiger partial charge is 0.216 e. The summed E-state index contributed by atoms with van der Waals surface area (Å²) < 4.78 is 0. The molecule has 1 aromatic rings. The minimum Gasteiger partial charge on any atom is -0.356 e. The van der Waals surface area contributed by atoms with E-state index in [2.05, 4.69) is 55.6 Å². The lowest BCUT2D eigenvalue weighted by Gasteiger charge is -2.04. The SMILES string of the molecule is CC(=O)NCCC=Cc1ccc(C(C)C)cc1. The highest BCUT2D eigenvalue weighted by molar-refractivity contribution is 5.72. The first-order chi connectivity index (χ1) is 8.09. The van der Waals surface area contributed by atoms with E-state index in [0.29, 0.717) is 12.5 Å². The van der Waals surface area contributed by atoms with Crippen LogP contribution >= 0.6 is 0 Å². The van der Waals surface area contributed by atoms with E-state index in [1.54, 1.807) is 0 Å². The maximum atomic E-state index is 10.6. The lowest BCUT2D eigenvalue weighted by molar-refractivity contribution is -0.118. The molecule has 0 bridgehead atoms. The largest absolute Gasteiger partial charge is 0.356 e. The molecule has 0 aliphatic rings. The molecular formula is C15H21NO. The molecule has 1 amide bonds. The van der Waals surface area contributed by atoms with Crippen LogP contribution in [0.15, 0.2) is 30.3 Å². The van der Waals surface area contributed by atoms with Crippen molar-refractivity contribution >= 4 is 12.0 Å². The maximum absolute atomic E-state index is 10.6. The second kappa shape index (κ2) is 6.89. The number of amides is 1. The van der Waals surface area contributed by atoms with Crippen LogP contribution in [0.3, 0.4) is 0 Å². The van der Waals surface area contributed by atoms with Gasteiger partial charge in [-0.25, -0.2) is 0 Å². The zero-order valence-electron chi connectivity index (χ0n) is 10.9. The average molecular weight is 231 g/mol. The van der Waals surface area contributed by atoms with E-state index in [-0.39, 0.29) is 5.91 Å². The van der Waals surface area contributed by atoms with Crippen molar-refractivity contribution in [3.05, 3.63) is 41.5 Å². The van der Waals surface area contributed by atoms with Gasteiger partial charge >= 0.3 is 0 Å². The highest BCUT2D eigenvalue weighted by Gasteiger charge is 1.96. The number of benzene rings is 1. The molecule has 17 heavy (non-hydrogen) atoms. The molecule has 0 spiro atoms. The maximum Gasteiger partial charge on any atom is 0.216 e. The van der Waals surface area contributed by atoms with E-state index >= 15 is 0 Å². The fourth-order valence-corrected chi connectivity index (χ4v) is 1.54. The third-order valence-corrected chi connectivity index (χ3v) is 2.60. The van der Waals surface area contributed by atoms with Gasteiger partial charge in [-0.05, 0) is 23.5 Å². The normalized spacial score (nSPS) is 11.1. The quantitative estimate of drug-likeness (QED) is 0.774. The van der Waals surface area contributed by atoms with Crippen molar-refractivity contribution in [1.82, 2.24) is 5.32 Å². The monoisotopic (exact) mass is 231 g/mol. The number of hydrogen-bond acceptors (Lipinski definition) is 1. The summed E-state index contributed by atoms with van der Waals surface area (Å²) in [7, 11) is 0. The number of nitrogens with one attached hydrogen (secondary N) is 1. The standard InChI is InChI=1S/C15H21NO/c1-12(2)15-9-7-14(8-10-15)6-4-5-11-16-13(3)17/h4,6-10,12H,5,11H2,1-3H3,(H,16,17). The van der Waals surface area contributed by atoms with E-state index < -0.39 is 0 Å². The second-order valence-electron chi connectivity index (χ2n) is 4.50. The van der Waals surface area contributed by atoms with Gasteiger partial charge in [0.2, 0.25) is 5.91 Å². The van der Waals surface area contributed by atoms with Gasteiger partial charge < -0.3 is 5.32 Å². The molecule has 1 aromatic carbocycles. The van der Waals surface area contributed by atoms with E-state index in [0.717, 1.165) is 6.42 Å². The minimum absolute atomic E-state index is 0.0275. The van der Waals surface area contributed by atoms with Gasteiger partial charge in [0.25, 0.3) is 0 Å². The molecule has 2 nitrogen and oxygen atoms in total. The molecule has 0 aliphatic carbocycles. The van der Waals surface area contributed by atoms with Crippen molar-refractivity contribution in [2.75, 3.05) is 6.54 Å². The highest BCUT2D eigenvalue weighted by Crippen LogP contribution is 2.15. The Morgan fingerprint density at radius 3 is 2.47 bits per heavy atom. The van der Waals surface area contributed by atoms with Crippen molar-refractivity contribution in [3.8, 4) is 0 Å². The number of carbonyl (C=O) groups excluding carboxylic acids is 1. The van der Waals surface area contributed by atoms with Crippen molar-refractivity contribution in [3.63, 3.8) is 0 Å². The van der Waals surface area contributed by atoms with E-state index in [1.165, 1.54) is 18.1 Å². The first kappa shape index (κ1) is 13.5. The van der Waals surface area contributed by atoms with Crippen LogP contribution in [0.4, 0.5) is 0 Å². The molecular weight excluding hydrogens is 210 g/mol. The van der Waals surface area contributed by atoms with Gasteiger partial charge in [0.05, 0.1) is 0 Å². The van der Waals surface area contributed by atoms with E-state index in [9.17, 15) is 4.79 Å². The van der Waals surface area contributed by atoms with Crippen LogP contribution < -0.4 is 5.32 Å². The summed E-state index contributed by atoms with van der Waals surface area (Å²) in [6.45, 7) is 6.63. The summed E-state index contributed by atoms with van der Waals surface area (Å²) in [6, 6.07) is 8.59. The fraction of sp³-hybridized carbons (Fsp3) is 0.400. The third kappa shape index (κ3) is 5.34. The Hall–Kier alpha value is -1.57. The molecule has 2 heteroatoms. The first-order valence-electron chi connectivity index (χ1n) is 6.10. The lowest BCUT2D eigenvalue weighted by Crippen LogP contribution is -2.20. The zero-order chi connectivity index (χ0) is 12.7. The molecule has 0 saturated carbocycles. The van der Waals surface area contributed by atoms with E-state index in [1.807, 2.05) is 0 Å². The molecule has 0 atom stereocenters. The van der Waals surface area contributed by atoms with Crippen molar-refractivity contribution < 1.29 is 4.79 Å². The van der Waals surface area contributed by atoms with Crippen molar-refractivity contribution in [1.29, 1.82) is 0 Å². The Morgan fingerprint density at radius 1 is 1.29 bits per heavy atom. The molecule has 0 unspecified atom stereocenters. The summed E-state index contributed by atoms with van der Waals surface area (Å²) in [6.07, 6.45) is 5.04. The average Bonchev–Trinajstić information content (AvgIpc) is 2.29. The molecule has 0 radical (unpaired) electrons. The first-order valence-corrected chi connectivity index (χ1v) is 6.10. The molecule has 0 aliphatic heterocycles. The van der Waals surface area contributed by atoms with Crippen LogP contribution in [0.2, 0.25) is 0 Å². The van der Waals surface area contributed by atoms with Crippen molar-refractivity contribution in [2.45, 2.75) is 33.1 Å². The Balaban J connectivity index is 2.41. The Bertz CT molecular complexity index is 376. The van der Waals surface area contributed by atoms with Crippen molar-refractivity contribution in [2.24, 2.45) is 0 Å². The molecule has 0 saturated heterocycles. The Morgan fingerprint density at radius 2 is 1.94 bits per heavy atom. The minimum atomic E-state index is 0.0275. The van der Waals surface area contributed by atoms with Crippen LogP contribution in [0, 0.1) is 0 Å². The van der Waals surface area contributed by atoms with Gasteiger partial charge in [-0.3, -0.25) is 4.79 Å². The van der Waals surface area contributed by atoms with Gasteiger partial charge in [0.1, 0.15) is 0 Å². The van der Waals surface area contributed by atoms with Crippen LogP contribution in [-0.2, 0) is 4.79 Å². The van der Waals surface area contributed by atoms with Crippen LogP contribution in [0.5, 0.6) is 0 Å². The summed E-state index contributed by atoms with van der Waals surface area (Å²) in [5, 5.41) is 2.77. The summed E-state index contributed by atoms with van der Waals surface area (Å²) in [5.41, 5.74) is 2.57. The van der Waals surface area contributed by atoms with Gasteiger partial charge in [-0.2, -0.15) is 0 Å². The molecule has 0 fully saturated rings. The predicted octanol–water partition coefficient (Wildman–Crippen LogP) is 3.35. The number of hydrogen-bond donors (Lipinski definition) is 1. The zero-order valence-corrected chi connectivity index (χ0v) is 10.9. The molecule has 1 N–H and O–H groups in total. The molecule has 0 aromatic heterocycles. The molecule has 0 heterocycles. The highest BCUT2D eigenvalue weighted by atomic mass is 16.1. The van der Waals surface area contributed by atoms with Crippen LogP contribution in [-0.4, -0.2) is 12.5 Å². The van der Waals surface area contributed by atoms with Crippen LogP contribution in [0.25, 0.3) is 6.08 Å². The topological polar surface area (TPSA) is 29.1 Å². The molecule has 92 valence electrons. The predicted molar refractivity (Wildman–Crippen MR) is 72.9 cm³/mol. The third-order valence-electron chi connectivity index (χ3n) is 2.60. The van der Waals surface area contributed by atoms with Gasteiger partial charge in [-0.1, -0.05) is 50.3 Å². The van der Waals surface area contributed by atoms with Gasteiger partial charge in [0, 0.05) is 13.5 Å². The summed E-state index contributed by atoms with van der Waals surface area (Å²) >= 11 is 0. The molecule has 1 rings (SSSR count). The second-order valence-corrected chi connectivity index (χ2v) is 4.50. The summed E-state index contributed by atoms with van der Waals surface area (Å²) in [4.78, 5) is 10.6. The summed E-state index contributed by atoms with van der Waals surface area (Å²) in [5.74, 6) is 0.604. The van der Waals surface area contributed by atoms with E-state index in [4.69, 9.17) is 0 Å². The number of rotatable bonds is 5. The Labute approximate surface area is 104 Å². The van der Waals surface area contributed by atoms with Gasteiger partial charge in [0.15, 0.2) is 0 Å². The lowest BCUT2D eigenvalue weighted by atomic mass is 10.0. The number of carbonyl (C=O) groups is 1. The Kier molecular flexibility index (Phi) is 5.47. The fourth-order valence-electron chi connectivity index (χ4n) is 1.54.